The van der Waals surface area contributed by atoms with Gasteiger partial charge in [-0.2, -0.15) is 0 Å². The molecule has 3 rings (SSSR count). The third-order valence-electron chi connectivity index (χ3n) is 3.62. The fraction of sp³-hybridized carbons (Fsp3) is 0.0625. The van der Waals surface area contributed by atoms with Crippen molar-refractivity contribution in [2.45, 2.75) is 6.54 Å². The van der Waals surface area contributed by atoms with Crippen LogP contribution in [0.3, 0.4) is 0 Å². The first kappa shape index (κ1) is 15.6. The minimum Gasteiger partial charge on any atom is -0.289 e. The number of nitrogens with zero attached hydrogens (tertiary/aromatic N) is 1. The first-order valence-electron chi connectivity index (χ1n) is 6.95. The second-order valence-corrected chi connectivity index (χ2v) is 5.14. The van der Waals surface area contributed by atoms with Gasteiger partial charge in [0, 0.05) is 5.56 Å². The van der Waals surface area contributed by atoms with E-state index in [0.717, 1.165) is 12.1 Å². The van der Waals surface area contributed by atoms with E-state index in [0.29, 0.717) is 5.56 Å². The lowest BCUT2D eigenvalue weighted by Gasteiger charge is -2.10. The largest absolute Gasteiger partial charge is 0.329 e. The Morgan fingerprint density at radius 2 is 1.88 bits per heavy atom. The number of nitrogens with one attached hydrogen (secondary N) is 2. The van der Waals surface area contributed by atoms with Crippen molar-refractivity contribution < 1.29 is 14.4 Å². The highest BCUT2D eigenvalue weighted by Crippen LogP contribution is 2.12. The lowest BCUT2D eigenvalue weighted by atomic mass is 10.1. The average molecular weight is 329 g/mol. The third kappa shape index (κ3) is 2.82. The number of H-pyrrole nitrogens is 1. The van der Waals surface area contributed by atoms with Crippen LogP contribution >= 0.6 is 0 Å². The van der Waals surface area contributed by atoms with Crippen molar-refractivity contribution in [2.75, 3.05) is 0 Å². The lowest BCUT2D eigenvalue weighted by molar-refractivity contribution is 0.0706. The summed E-state index contributed by atoms with van der Waals surface area (Å²) in [7, 11) is 0. The average Bonchev–Trinajstić information content (AvgIpc) is 2.58. The lowest BCUT2D eigenvalue weighted by Crippen LogP contribution is -2.30. The fourth-order valence-electron chi connectivity index (χ4n) is 2.43. The van der Waals surface area contributed by atoms with Gasteiger partial charge in [0.15, 0.2) is 0 Å². The number of carbonyl (C=O) groups is 1. The molecule has 0 radical (unpaired) electrons. The second kappa shape index (κ2) is 6.09. The molecule has 1 heterocycles. The minimum atomic E-state index is -0.657. The molecule has 0 fully saturated rings. The number of hydroxylamine groups is 1. The SMILES string of the molecule is O=C(NO)c1ccc(Cn2c(=O)[nH]c(=O)c3ccc(F)cc32)cc1. The summed E-state index contributed by atoms with van der Waals surface area (Å²) in [4.78, 5) is 37.4. The van der Waals surface area contributed by atoms with Crippen LogP contribution in [-0.2, 0) is 6.54 Å². The topological polar surface area (TPSA) is 104 Å². The molecule has 0 spiro atoms. The maximum absolute atomic E-state index is 13.5. The molecule has 0 atom stereocenters. The van der Waals surface area contributed by atoms with Crippen molar-refractivity contribution >= 4 is 16.8 Å². The van der Waals surface area contributed by atoms with Crippen molar-refractivity contribution in [3.05, 3.63) is 80.2 Å². The molecule has 1 aromatic heterocycles. The normalized spacial score (nSPS) is 10.8. The number of rotatable bonds is 3. The van der Waals surface area contributed by atoms with E-state index in [9.17, 15) is 18.8 Å². The van der Waals surface area contributed by atoms with E-state index in [-0.39, 0.29) is 23.0 Å². The number of benzene rings is 2. The summed E-state index contributed by atoms with van der Waals surface area (Å²) >= 11 is 0. The van der Waals surface area contributed by atoms with Gasteiger partial charge >= 0.3 is 5.69 Å². The molecular formula is C16H12FN3O4. The van der Waals surface area contributed by atoms with Crippen LogP contribution in [0.2, 0.25) is 0 Å². The maximum atomic E-state index is 13.5. The second-order valence-electron chi connectivity index (χ2n) is 5.14. The van der Waals surface area contributed by atoms with Crippen molar-refractivity contribution in [1.82, 2.24) is 15.0 Å². The van der Waals surface area contributed by atoms with Crippen LogP contribution in [-0.4, -0.2) is 20.7 Å². The Hall–Kier alpha value is -3.26. The monoisotopic (exact) mass is 329 g/mol. The number of hydrogen-bond donors (Lipinski definition) is 3. The summed E-state index contributed by atoms with van der Waals surface area (Å²) in [6.45, 7) is 0.0800. The van der Waals surface area contributed by atoms with Gasteiger partial charge in [-0.1, -0.05) is 12.1 Å². The molecular weight excluding hydrogens is 317 g/mol. The minimum absolute atomic E-state index is 0.0800. The van der Waals surface area contributed by atoms with Gasteiger partial charge in [0.05, 0.1) is 17.4 Å². The molecule has 0 aliphatic heterocycles. The van der Waals surface area contributed by atoms with Crippen LogP contribution in [0.1, 0.15) is 15.9 Å². The van der Waals surface area contributed by atoms with Crippen LogP contribution < -0.4 is 16.7 Å². The van der Waals surface area contributed by atoms with Gasteiger partial charge in [0.1, 0.15) is 5.82 Å². The van der Waals surface area contributed by atoms with Crippen molar-refractivity contribution in [3.8, 4) is 0 Å². The van der Waals surface area contributed by atoms with Gasteiger partial charge in [-0.3, -0.25) is 24.3 Å². The predicted octanol–water partition coefficient (Wildman–Crippen LogP) is 0.996. The molecule has 0 unspecified atom stereocenters. The third-order valence-corrected chi connectivity index (χ3v) is 3.62. The predicted molar refractivity (Wildman–Crippen MR) is 83.6 cm³/mol. The van der Waals surface area contributed by atoms with Crippen molar-refractivity contribution in [3.63, 3.8) is 0 Å². The first-order chi connectivity index (χ1) is 11.5. The van der Waals surface area contributed by atoms with Crippen LogP contribution in [0.5, 0.6) is 0 Å². The Labute approximate surface area is 133 Å². The molecule has 122 valence electrons. The van der Waals surface area contributed by atoms with E-state index in [4.69, 9.17) is 5.21 Å². The Morgan fingerprint density at radius 1 is 1.17 bits per heavy atom. The van der Waals surface area contributed by atoms with E-state index in [2.05, 4.69) is 4.98 Å². The number of amides is 1. The number of carbonyl (C=O) groups excluding carboxylic acids is 1. The Morgan fingerprint density at radius 3 is 2.54 bits per heavy atom. The molecule has 24 heavy (non-hydrogen) atoms. The molecule has 7 nitrogen and oxygen atoms in total. The summed E-state index contributed by atoms with van der Waals surface area (Å²) in [6.07, 6.45) is 0. The molecule has 0 bridgehead atoms. The molecule has 0 saturated carbocycles. The highest BCUT2D eigenvalue weighted by Gasteiger charge is 2.10. The van der Waals surface area contributed by atoms with E-state index >= 15 is 0 Å². The van der Waals surface area contributed by atoms with Crippen LogP contribution in [0.15, 0.2) is 52.1 Å². The Kier molecular flexibility index (Phi) is 3.97. The number of hydrogen-bond acceptors (Lipinski definition) is 4. The molecule has 8 heteroatoms. The van der Waals surface area contributed by atoms with Gasteiger partial charge in [-0.25, -0.2) is 14.7 Å². The molecule has 0 saturated heterocycles. The summed E-state index contributed by atoms with van der Waals surface area (Å²) in [5, 5.41) is 8.79. The maximum Gasteiger partial charge on any atom is 0.329 e. The first-order valence-corrected chi connectivity index (χ1v) is 6.95. The molecule has 2 aromatic carbocycles. The van der Waals surface area contributed by atoms with E-state index in [1.807, 2.05) is 0 Å². The Balaban J connectivity index is 2.07. The van der Waals surface area contributed by atoms with E-state index in [1.54, 1.807) is 12.1 Å². The molecule has 0 aliphatic rings. The van der Waals surface area contributed by atoms with Crippen molar-refractivity contribution in [2.24, 2.45) is 0 Å². The molecule has 3 N–H and O–H groups in total. The standard InChI is InChI=1S/C16H12FN3O4/c17-11-5-6-12-13(7-11)20(16(23)18-15(12)22)8-9-1-3-10(4-2-9)14(21)19-24/h1-7,24H,8H2,(H,19,21)(H,18,22,23). The number of aromatic amines is 1. The van der Waals surface area contributed by atoms with Gasteiger partial charge in [0.2, 0.25) is 0 Å². The van der Waals surface area contributed by atoms with E-state index < -0.39 is 23.0 Å². The van der Waals surface area contributed by atoms with Gasteiger partial charge in [-0.05, 0) is 35.9 Å². The zero-order valence-corrected chi connectivity index (χ0v) is 12.2. The van der Waals surface area contributed by atoms with Crippen LogP contribution in [0.25, 0.3) is 10.9 Å². The number of aromatic nitrogens is 2. The summed E-state index contributed by atoms with van der Waals surface area (Å²) in [5.74, 6) is -1.22. The highest BCUT2D eigenvalue weighted by atomic mass is 19.1. The fourth-order valence-corrected chi connectivity index (χ4v) is 2.43. The zero-order valence-electron chi connectivity index (χ0n) is 12.2. The quantitative estimate of drug-likeness (QED) is 0.492. The summed E-state index contributed by atoms with van der Waals surface area (Å²) in [6, 6.07) is 9.71. The summed E-state index contributed by atoms with van der Waals surface area (Å²) < 4.78 is 14.7. The summed E-state index contributed by atoms with van der Waals surface area (Å²) in [5.41, 5.74) is 1.36. The van der Waals surface area contributed by atoms with Gasteiger partial charge < -0.3 is 0 Å². The number of halogens is 1. The van der Waals surface area contributed by atoms with Crippen LogP contribution in [0.4, 0.5) is 4.39 Å². The van der Waals surface area contributed by atoms with Gasteiger partial charge in [-0.15, -0.1) is 0 Å². The van der Waals surface area contributed by atoms with Crippen LogP contribution in [0, 0.1) is 5.82 Å². The molecule has 0 aliphatic carbocycles. The molecule has 1 amide bonds. The number of fused-ring (bicyclic) bond motifs is 1. The van der Waals surface area contributed by atoms with Crippen molar-refractivity contribution in [1.29, 1.82) is 0 Å². The molecule has 3 aromatic rings. The Bertz CT molecular complexity index is 1040. The zero-order chi connectivity index (χ0) is 17.3. The van der Waals surface area contributed by atoms with Gasteiger partial charge in [0.25, 0.3) is 11.5 Å². The van der Waals surface area contributed by atoms with E-state index in [1.165, 1.54) is 28.2 Å². The smallest absolute Gasteiger partial charge is 0.289 e. The highest BCUT2D eigenvalue weighted by molar-refractivity contribution is 5.93.